The SMILES string of the molecule is COc1ccc(-n2ccnc2SCC(=O)Nc2cccc(Br)c2)cc1. The first kappa shape index (κ1) is 17.6. The molecule has 2 aromatic carbocycles. The van der Waals surface area contributed by atoms with Gasteiger partial charge in [-0.25, -0.2) is 4.98 Å². The summed E-state index contributed by atoms with van der Waals surface area (Å²) < 4.78 is 8.04. The minimum atomic E-state index is -0.0765. The lowest BCUT2D eigenvalue weighted by Crippen LogP contribution is -2.14. The molecule has 128 valence electrons. The van der Waals surface area contributed by atoms with Gasteiger partial charge in [-0.2, -0.15) is 0 Å². The highest BCUT2D eigenvalue weighted by molar-refractivity contribution is 9.10. The third kappa shape index (κ3) is 4.64. The standard InChI is InChI=1S/C18H16BrN3O2S/c1-24-16-7-5-15(6-8-16)22-10-9-20-18(22)25-12-17(23)21-14-4-2-3-13(19)11-14/h2-11H,12H2,1H3,(H,21,23). The van der Waals surface area contributed by atoms with Crippen molar-refractivity contribution in [2.75, 3.05) is 18.2 Å². The Bertz CT molecular complexity index is 865. The second-order valence-corrected chi connectivity index (χ2v) is 6.98. The van der Waals surface area contributed by atoms with Crippen molar-refractivity contribution in [2.45, 2.75) is 5.16 Å². The predicted molar refractivity (Wildman–Crippen MR) is 104 cm³/mol. The highest BCUT2D eigenvalue weighted by Crippen LogP contribution is 2.23. The minimum absolute atomic E-state index is 0.0765. The Kier molecular flexibility index (Phi) is 5.78. The number of carbonyl (C=O) groups excluding carboxylic acids is 1. The van der Waals surface area contributed by atoms with Crippen LogP contribution in [0.2, 0.25) is 0 Å². The number of amides is 1. The van der Waals surface area contributed by atoms with Crippen LogP contribution in [0.3, 0.4) is 0 Å². The van der Waals surface area contributed by atoms with Crippen molar-refractivity contribution in [3.05, 3.63) is 65.4 Å². The number of aromatic nitrogens is 2. The normalized spacial score (nSPS) is 10.5. The van der Waals surface area contributed by atoms with Crippen molar-refractivity contribution in [1.82, 2.24) is 9.55 Å². The second kappa shape index (κ2) is 8.22. The van der Waals surface area contributed by atoms with Gasteiger partial charge in [-0.05, 0) is 42.5 Å². The minimum Gasteiger partial charge on any atom is -0.497 e. The summed E-state index contributed by atoms with van der Waals surface area (Å²) in [5, 5.41) is 3.63. The Morgan fingerprint density at radius 3 is 2.80 bits per heavy atom. The van der Waals surface area contributed by atoms with Crippen molar-refractivity contribution in [2.24, 2.45) is 0 Å². The van der Waals surface area contributed by atoms with Crippen molar-refractivity contribution in [3.8, 4) is 11.4 Å². The number of imidazole rings is 1. The zero-order valence-electron chi connectivity index (χ0n) is 13.5. The number of ether oxygens (including phenoxy) is 1. The monoisotopic (exact) mass is 417 g/mol. The van der Waals surface area contributed by atoms with Crippen molar-refractivity contribution in [1.29, 1.82) is 0 Å². The first-order valence-electron chi connectivity index (χ1n) is 7.52. The summed E-state index contributed by atoms with van der Waals surface area (Å²) in [5.74, 6) is 0.999. The zero-order valence-corrected chi connectivity index (χ0v) is 15.9. The van der Waals surface area contributed by atoms with Gasteiger partial charge in [0, 0.05) is 28.2 Å². The van der Waals surface area contributed by atoms with Gasteiger partial charge in [-0.15, -0.1) is 0 Å². The number of nitrogens with one attached hydrogen (secondary N) is 1. The molecule has 1 heterocycles. The molecule has 0 aliphatic rings. The molecule has 0 saturated carbocycles. The average molecular weight is 418 g/mol. The molecule has 5 nitrogen and oxygen atoms in total. The van der Waals surface area contributed by atoms with Crippen LogP contribution in [-0.2, 0) is 4.79 Å². The Hall–Kier alpha value is -2.25. The first-order chi connectivity index (χ1) is 12.2. The van der Waals surface area contributed by atoms with E-state index < -0.39 is 0 Å². The van der Waals surface area contributed by atoms with Gasteiger partial charge in [0.1, 0.15) is 5.75 Å². The van der Waals surface area contributed by atoms with E-state index in [0.29, 0.717) is 0 Å². The molecular formula is C18H16BrN3O2S. The quantitative estimate of drug-likeness (QED) is 0.604. The molecule has 3 aromatic rings. The van der Waals surface area contributed by atoms with E-state index in [2.05, 4.69) is 26.2 Å². The molecule has 0 saturated heterocycles. The molecule has 0 fully saturated rings. The summed E-state index contributed by atoms with van der Waals surface area (Å²) in [4.78, 5) is 16.5. The Labute approximate surface area is 158 Å². The molecular weight excluding hydrogens is 402 g/mol. The molecule has 25 heavy (non-hydrogen) atoms. The van der Waals surface area contributed by atoms with Crippen LogP contribution in [0, 0.1) is 0 Å². The number of methoxy groups -OCH3 is 1. The van der Waals surface area contributed by atoms with Gasteiger partial charge in [0.05, 0.1) is 12.9 Å². The molecule has 1 amide bonds. The average Bonchev–Trinajstić information content (AvgIpc) is 3.08. The maximum atomic E-state index is 12.1. The topological polar surface area (TPSA) is 56.2 Å². The van der Waals surface area contributed by atoms with E-state index in [1.54, 1.807) is 13.3 Å². The number of carbonyl (C=O) groups is 1. The lowest BCUT2D eigenvalue weighted by Gasteiger charge is -2.09. The number of rotatable bonds is 6. The first-order valence-corrected chi connectivity index (χ1v) is 9.29. The van der Waals surface area contributed by atoms with Crippen LogP contribution in [0.4, 0.5) is 5.69 Å². The van der Waals surface area contributed by atoms with E-state index in [1.165, 1.54) is 11.8 Å². The molecule has 1 N–H and O–H groups in total. The van der Waals surface area contributed by atoms with Gasteiger partial charge in [0.15, 0.2) is 5.16 Å². The van der Waals surface area contributed by atoms with Gasteiger partial charge in [-0.3, -0.25) is 9.36 Å². The maximum absolute atomic E-state index is 12.1. The van der Waals surface area contributed by atoms with E-state index in [1.807, 2.05) is 59.3 Å². The van der Waals surface area contributed by atoms with Crippen LogP contribution < -0.4 is 10.1 Å². The number of hydrogen-bond acceptors (Lipinski definition) is 4. The summed E-state index contributed by atoms with van der Waals surface area (Å²) in [6.07, 6.45) is 3.59. The van der Waals surface area contributed by atoms with Gasteiger partial charge >= 0.3 is 0 Å². The van der Waals surface area contributed by atoms with Crippen molar-refractivity contribution in [3.63, 3.8) is 0 Å². The Morgan fingerprint density at radius 2 is 2.08 bits per heavy atom. The Balaban J connectivity index is 1.64. The van der Waals surface area contributed by atoms with Crippen LogP contribution >= 0.6 is 27.7 Å². The van der Waals surface area contributed by atoms with Crippen molar-refractivity contribution >= 4 is 39.3 Å². The summed E-state index contributed by atoms with van der Waals surface area (Å²) in [6.45, 7) is 0. The number of anilines is 1. The van der Waals surface area contributed by atoms with Crippen molar-refractivity contribution < 1.29 is 9.53 Å². The number of hydrogen-bond donors (Lipinski definition) is 1. The zero-order chi connectivity index (χ0) is 17.6. The lowest BCUT2D eigenvalue weighted by atomic mass is 10.3. The Morgan fingerprint density at radius 1 is 1.28 bits per heavy atom. The fourth-order valence-corrected chi connectivity index (χ4v) is 3.40. The van der Waals surface area contributed by atoms with Gasteiger partial charge < -0.3 is 10.1 Å². The number of nitrogens with zero attached hydrogens (tertiary/aromatic N) is 2. The summed E-state index contributed by atoms with van der Waals surface area (Å²) in [7, 11) is 1.64. The third-order valence-electron chi connectivity index (χ3n) is 3.40. The van der Waals surface area contributed by atoms with Crippen LogP contribution in [0.15, 0.2) is 70.6 Å². The molecule has 0 atom stereocenters. The predicted octanol–water partition coefficient (Wildman–Crippen LogP) is 4.37. The van der Waals surface area contributed by atoms with E-state index in [4.69, 9.17) is 4.74 Å². The lowest BCUT2D eigenvalue weighted by molar-refractivity contribution is -0.113. The van der Waals surface area contributed by atoms with Crippen LogP contribution in [0.5, 0.6) is 5.75 Å². The molecule has 0 spiro atoms. The highest BCUT2D eigenvalue weighted by Gasteiger charge is 2.10. The molecule has 0 unspecified atom stereocenters. The summed E-state index contributed by atoms with van der Waals surface area (Å²) >= 11 is 4.78. The maximum Gasteiger partial charge on any atom is 0.234 e. The molecule has 7 heteroatoms. The number of thioether (sulfide) groups is 1. The smallest absolute Gasteiger partial charge is 0.234 e. The van der Waals surface area contributed by atoms with E-state index in [9.17, 15) is 4.79 Å². The molecule has 0 aliphatic heterocycles. The van der Waals surface area contributed by atoms with Gasteiger partial charge in [0.25, 0.3) is 0 Å². The molecule has 1 aromatic heterocycles. The van der Waals surface area contributed by atoms with E-state index >= 15 is 0 Å². The molecule has 0 aliphatic carbocycles. The van der Waals surface area contributed by atoms with Gasteiger partial charge in [0.2, 0.25) is 5.91 Å². The molecule has 0 radical (unpaired) electrons. The highest BCUT2D eigenvalue weighted by atomic mass is 79.9. The summed E-state index contributed by atoms with van der Waals surface area (Å²) in [6, 6.07) is 15.2. The van der Waals surface area contributed by atoms with E-state index in [0.717, 1.165) is 26.8 Å². The number of benzene rings is 2. The largest absolute Gasteiger partial charge is 0.497 e. The summed E-state index contributed by atoms with van der Waals surface area (Å²) in [5.41, 5.74) is 1.73. The fourth-order valence-electron chi connectivity index (χ4n) is 2.23. The molecule has 0 bridgehead atoms. The van der Waals surface area contributed by atoms with Crippen LogP contribution in [0.1, 0.15) is 0 Å². The molecule has 3 rings (SSSR count). The van der Waals surface area contributed by atoms with Gasteiger partial charge in [-0.1, -0.05) is 33.8 Å². The van der Waals surface area contributed by atoms with E-state index in [-0.39, 0.29) is 11.7 Å². The second-order valence-electron chi connectivity index (χ2n) is 5.13. The third-order valence-corrected chi connectivity index (χ3v) is 4.86. The number of halogens is 1. The van der Waals surface area contributed by atoms with Crippen LogP contribution in [-0.4, -0.2) is 28.3 Å². The fraction of sp³-hybridized carbons (Fsp3) is 0.111. The van der Waals surface area contributed by atoms with Crippen LogP contribution in [0.25, 0.3) is 5.69 Å².